The molecule has 0 aromatic heterocycles. The number of esters is 3. The van der Waals surface area contributed by atoms with Crippen molar-refractivity contribution < 1.29 is 28.6 Å². The average molecular weight is 1140 g/mol. The standard InChI is InChI=1S/C76H128O6/c1-4-7-10-13-16-19-22-24-26-28-30-32-34-36-37-38-39-41-42-44-46-48-50-52-54-57-60-63-66-69-75(78)81-72-73(71-80-74(77)68-65-62-59-56-21-18-15-12-9-6-3)82-76(79)70-67-64-61-58-55-53-51-49-47-45-43-40-35-33-31-29-27-25-23-20-17-14-11-8-5-2/h8,11-12,15,17,20,22,24-25,27-28,30-31,33-34,36,40,43,47,49,73H,4-7,9-10,13-14,16,18-19,21,23,26,29,32,35,37-39,41-42,44-46,48,50-72H2,1-3H3/b11-8-,15-12-,20-17-,24-22-,27-25-,30-28-,33-31-,36-34-,43-40-,49-47-. The maximum atomic E-state index is 12.9. The molecule has 0 saturated heterocycles. The third-order valence-electron chi connectivity index (χ3n) is 14.7. The predicted molar refractivity (Wildman–Crippen MR) is 357 cm³/mol. The van der Waals surface area contributed by atoms with Crippen molar-refractivity contribution in [1.29, 1.82) is 0 Å². The second-order valence-corrected chi connectivity index (χ2v) is 22.7. The second-order valence-electron chi connectivity index (χ2n) is 22.7. The predicted octanol–water partition coefficient (Wildman–Crippen LogP) is 23.9. The zero-order chi connectivity index (χ0) is 59.2. The van der Waals surface area contributed by atoms with Gasteiger partial charge in [-0.1, -0.05) is 296 Å². The van der Waals surface area contributed by atoms with E-state index >= 15 is 0 Å². The molecule has 0 rings (SSSR count). The van der Waals surface area contributed by atoms with Gasteiger partial charge in [-0.05, 0) is 128 Å². The molecule has 0 N–H and O–H groups in total. The summed E-state index contributed by atoms with van der Waals surface area (Å²) in [5.41, 5.74) is 0. The van der Waals surface area contributed by atoms with E-state index in [4.69, 9.17) is 14.2 Å². The van der Waals surface area contributed by atoms with Gasteiger partial charge in [0.1, 0.15) is 13.2 Å². The summed E-state index contributed by atoms with van der Waals surface area (Å²) in [6, 6.07) is 0. The van der Waals surface area contributed by atoms with Crippen molar-refractivity contribution in [2.24, 2.45) is 0 Å². The van der Waals surface area contributed by atoms with Gasteiger partial charge in [0.15, 0.2) is 6.10 Å². The lowest BCUT2D eigenvalue weighted by Gasteiger charge is -2.18. The topological polar surface area (TPSA) is 78.9 Å². The molecule has 1 atom stereocenters. The SMILES string of the molecule is CC/C=C\C/C=C\C/C=C\C/C=C\C/C=C\C/C=C\CCCCCCCCC(=O)OC(COC(=O)CCCCCCC/C=C\CCC)COC(=O)CCCCCCCCCCCCCCCC/C=C\C/C=C\C/C=C\CCCCCCC. The number of carbonyl (C=O) groups excluding carboxylic acids is 3. The number of unbranched alkanes of at least 4 members (excludes halogenated alkanes) is 31. The van der Waals surface area contributed by atoms with E-state index in [2.05, 4.69) is 142 Å². The van der Waals surface area contributed by atoms with Crippen LogP contribution in [-0.4, -0.2) is 37.2 Å². The third-order valence-corrected chi connectivity index (χ3v) is 14.7. The highest BCUT2D eigenvalue weighted by Gasteiger charge is 2.19. The molecule has 0 aliphatic rings. The van der Waals surface area contributed by atoms with E-state index in [0.29, 0.717) is 19.3 Å². The largest absolute Gasteiger partial charge is 0.462 e. The van der Waals surface area contributed by atoms with Crippen LogP contribution in [0.2, 0.25) is 0 Å². The van der Waals surface area contributed by atoms with E-state index in [1.807, 2.05) is 0 Å². The summed E-state index contributed by atoms with van der Waals surface area (Å²) in [4.78, 5) is 38.3. The van der Waals surface area contributed by atoms with Gasteiger partial charge < -0.3 is 14.2 Å². The van der Waals surface area contributed by atoms with Crippen molar-refractivity contribution in [1.82, 2.24) is 0 Å². The van der Waals surface area contributed by atoms with Crippen molar-refractivity contribution in [2.75, 3.05) is 13.2 Å². The molecule has 468 valence electrons. The zero-order valence-electron chi connectivity index (χ0n) is 53.7. The monoisotopic (exact) mass is 1140 g/mol. The fourth-order valence-corrected chi connectivity index (χ4v) is 9.52. The van der Waals surface area contributed by atoms with Gasteiger partial charge in [0.2, 0.25) is 0 Å². The Bertz CT molecular complexity index is 1690. The summed E-state index contributed by atoms with van der Waals surface area (Å²) in [6.07, 6.45) is 96.6. The van der Waals surface area contributed by atoms with E-state index in [0.717, 1.165) is 141 Å². The lowest BCUT2D eigenvalue weighted by atomic mass is 10.0. The molecule has 0 aliphatic carbocycles. The first kappa shape index (κ1) is 77.8. The van der Waals surface area contributed by atoms with Crippen molar-refractivity contribution in [3.05, 3.63) is 122 Å². The molecule has 6 nitrogen and oxygen atoms in total. The average Bonchev–Trinajstić information content (AvgIpc) is 3.47. The Morgan fingerprint density at radius 2 is 0.500 bits per heavy atom. The molecular formula is C76H128O6. The highest BCUT2D eigenvalue weighted by Crippen LogP contribution is 2.16. The quantitative estimate of drug-likeness (QED) is 0.0261. The Hall–Kier alpha value is -4.19. The smallest absolute Gasteiger partial charge is 0.306 e. The van der Waals surface area contributed by atoms with E-state index in [9.17, 15) is 14.4 Å². The Kier molecular flexibility index (Phi) is 65.8. The first-order chi connectivity index (χ1) is 40.5. The molecule has 0 saturated carbocycles. The van der Waals surface area contributed by atoms with Crippen molar-refractivity contribution >= 4 is 17.9 Å². The van der Waals surface area contributed by atoms with Gasteiger partial charge in [-0.25, -0.2) is 0 Å². The fraction of sp³-hybridized carbons (Fsp3) is 0.697. The minimum absolute atomic E-state index is 0.0881. The Morgan fingerprint density at radius 1 is 0.256 bits per heavy atom. The van der Waals surface area contributed by atoms with Gasteiger partial charge in [0, 0.05) is 19.3 Å². The molecule has 0 heterocycles. The van der Waals surface area contributed by atoms with Crippen LogP contribution in [0.15, 0.2) is 122 Å². The highest BCUT2D eigenvalue weighted by molar-refractivity contribution is 5.71. The number of rotatable bonds is 62. The van der Waals surface area contributed by atoms with Crippen LogP contribution in [0, 0.1) is 0 Å². The summed E-state index contributed by atoms with van der Waals surface area (Å²) in [5, 5.41) is 0. The zero-order valence-corrected chi connectivity index (χ0v) is 53.7. The van der Waals surface area contributed by atoms with E-state index in [1.54, 1.807) is 0 Å². The van der Waals surface area contributed by atoms with Gasteiger partial charge in [-0.2, -0.15) is 0 Å². The Labute approximate surface area is 507 Å². The van der Waals surface area contributed by atoms with E-state index in [-0.39, 0.29) is 31.1 Å². The summed E-state index contributed by atoms with van der Waals surface area (Å²) in [5.74, 6) is -0.908. The van der Waals surface area contributed by atoms with Crippen molar-refractivity contribution in [3.63, 3.8) is 0 Å². The molecular weight excluding hydrogens is 1010 g/mol. The number of hydrogen-bond acceptors (Lipinski definition) is 6. The molecule has 0 amide bonds. The maximum absolute atomic E-state index is 12.9. The van der Waals surface area contributed by atoms with E-state index in [1.165, 1.54) is 141 Å². The second kappa shape index (κ2) is 69.3. The van der Waals surface area contributed by atoms with E-state index < -0.39 is 6.10 Å². The van der Waals surface area contributed by atoms with Crippen molar-refractivity contribution in [2.45, 2.75) is 329 Å². The number of carbonyl (C=O) groups is 3. The van der Waals surface area contributed by atoms with Crippen LogP contribution in [0.4, 0.5) is 0 Å². The minimum Gasteiger partial charge on any atom is -0.462 e. The molecule has 0 spiro atoms. The van der Waals surface area contributed by atoms with Crippen molar-refractivity contribution in [3.8, 4) is 0 Å². The Balaban J connectivity index is 4.24. The molecule has 0 aromatic carbocycles. The van der Waals surface area contributed by atoms with Crippen LogP contribution in [0.3, 0.4) is 0 Å². The molecule has 6 heteroatoms. The summed E-state index contributed by atoms with van der Waals surface area (Å²) in [7, 11) is 0. The molecule has 0 aliphatic heterocycles. The van der Waals surface area contributed by atoms with Crippen LogP contribution < -0.4 is 0 Å². The number of hydrogen-bond donors (Lipinski definition) is 0. The fourth-order valence-electron chi connectivity index (χ4n) is 9.52. The van der Waals surface area contributed by atoms with Crippen LogP contribution >= 0.6 is 0 Å². The maximum Gasteiger partial charge on any atom is 0.306 e. The van der Waals surface area contributed by atoms with Gasteiger partial charge in [-0.3, -0.25) is 14.4 Å². The third kappa shape index (κ3) is 66.6. The summed E-state index contributed by atoms with van der Waals surface area (Å²) in [6.45, 7) is 6.45. The van der Waals surface area contributed by atoms with Crippen LogP contribution in [0.25, 0.3) is 0 Å². The summed E-state index contributed by atoms with van der Waals surface area (Å²) >= 11 is 0. The molecule has 0 bridgehead atoms. The lowest BCUT2D eigenvalue weighted by molar-refractivity contribution is -0.167. The van der Waals surface area contributed by atoms with Gasteiger partial charge in [0.05, 0.1) is 0 Å². The Morgan fingerprint density at radius 3 is 0.805 bits per heavy atom. The molecule has 0 fully saturated rings. The molecule has 0 aromatic rings. The lowest BCUT2D eigenvalue weighted by Crippen LogP contribution is -2.30. The first-order valence-corrected chi connectivity index (χ1v) is 34.5. The minimum atomic E-state index is -0.793. The normalized spacial score (nSPS) is 12.9. The number of ether oxygens (including phenoxy) is 3. The number of allylic oxidation sites excluding steroid dienone is 20. The van der Waals surface area contributed by atoms with Gasteiger partial charge in [-0.15, -0.1) is 0 Å². The molecule has 82 heavy (non-hydrogen) atoms. The summed E-state index contributed by atoms with van der Waals surface area (Å²) < 4.78 is 16.9. The van der Waals surface area contributed by atoms with Gasteiger partial charge >= 0.3 is 17.9 Å². The first-order valence-electron chi connectivity index (χ1n) is 34.5. The van der Waals surface area contributed by atoms with Crippen LogP contribution in [-0.2, 0) is 28.6 Å². The van der Waals surface area contributed by atoms with Crippen LogP contribution in [0.5, 0.6) is 0 Å². The van der Waals surface area contributed by atoms with Gasteiger partial charge in [0.25, 0.3) is 0 Å². The molecule has 1 unspecified atom stereocenters. The van der Waals surface area contributed by atoms with Crippen LogP contribution in [0.1, 0.15) is 323 Å². The molecule has 0 radical (unpaired) electrons. The highest BCUT2D eigenvalue weighted by atomic mass is 16.6.